The molecule has 1 aliphatic carbocycles. The normalized spacial score (nSPS) is 20.6. The van der Waals surface area contributed by atoms with Crippen molar-refractivity contribution in [3.63, 3.8) is 0 Å². The molecule has 7 amide bonds. The first kappa shape index (κ1) is 66.3. The van der Waals surface area contributed by atoms with Crippen LogP contribution in [0.25, 0.3) is 43.4 Å². The molecule has 31 heteroatoms. The van der Waals surface area contributed by atoms with Gasteiger partial charge in [0.1, 0.15) is 82.2 Å². The van der Waals surface area contributed by atoms with Crippen LogP contribution in [0, 0.1) is 24.7 Å². The number of nitrogens with zero attached hydrogens (tertiary/aromatic N) is 10. The number of aryl methyl sites for hydroxylation is 1. The number of aliphatic hydroxyl groups is 1. The van der Waals surface area contributed by atoms with Gasteiger partial charge >= 0.3 is 0 Å². The van der Waals surface area contributed by atoms with E-state index in [1.807, 2.05) is 36.3 Å². The summed E-state index contributed by atoms with van der Waals surface area (Å²) in [5, 5.41) is 43.4. The van der Waals surface area contributed by atoms with Crippen molar-refractivity contribution in [3.05, 3.63) is 111 Å². The van der Waals surface area contributed by atoms with Crippen molar-refractivity contribution in [1.29, 1.82) is 0 Å². The summed E-state index contributed by atoms with van der Waals surface area (Å²) < 4.78 is 5.47. The van der Waals surface area contributed by atoms with E-state index in [1.165, 1.54) is 83.7 Å². The SMILES string of the molecule is CNC(=O)C[C@@H]1NC(=O)c2csc(n2)-c2ccc(-c3nc(NC(=O)[C@H]4CC[C@H](C(=O)N5CCN(N6CCCC6)CC5)CC4)cs3)nc2-c2csc(n2)-c2csc(n2)[C@H]([C@@H](O)c2ccccc2)NC(=O)CNC(=O)c2nc(sc2COC)[C@H](C(C)C)NC(=O)c2nc1sc2C. The minimum atomic E-state index is -1.27. The second kappa shape index (κ2) is 29.5. The number of rotatable bonds is 12. The molecule has 7 aromatic heterocycles. The maximum atomic E-state index is 14.4. The maximum absolute atomic E-state index is 14.4. The van der Waals surface area contributed by atoms with E-state index < -0.39 is 60.3 Å². The van der Waals surface area contributed by atoms with Crippen LogP contribution in [0.1, 0.15) is 145 Å². The van der Waals surface area contributed by atoms with E-state index in [9.17, 15) is 38.7 Å². The second-order valence-electron chi connectivity index (χ2n) is 23.7. The number of carbonyl (C=O) groups excluding carboxylic acids is 7. The quantitative estimate of drug-likeness (QED) is 0.0606. The number of hydrogen-bond acceptors (Lipinski definition) is 24. The van der Waals surface area contributed by atoms with Crippen LogP contribution >= 0.6 is 68.0 Å². The minimum absolute atomic E-state index is 0.00279. The lowest BCUT2D eigenvalue weighted by molar-refractivity contribution is -0.142. The predicted octanol–water partition coefficient (Wildman–Crippen LogP) is 8.21. The third-order valence-corrected chi connectivity index (χ3v) is 22.7. The molecule has 492 valence electrons. The van der Waals surface area contributed by atoms with Gasteiger partial charge in [0.15, 0.2) is 0 Å². The van der Waals surface area contributed by atoms with Crippen molar-refractivity contribution in [1.82, 2.24) is 76.4 Å². The summed E-state index contributed by atoms with van der Waals surface area (Å²) in [6.45, 7) is 10.3. The molecular weight excluding hydrogens is 1320 g/mol. The Labute approximate surface area is 565 Å². The van der Waals surface area contributed by atoms with Gasteiger partial charge in [-0.2, -0.15) is 0 Å². The number of hydrazine groups is 1. The first-order chi connectivity index (χ1) is 45.5. The van der Waals surface area contributed by atoms with E-state index in [0.29, 0.717) is 105 Å². The Morgan fingerprint density at radius 3 is 2.07 bits per heavy atom. The molecule has 0 unspecified atom stereocenters. The summed E-state index contributed by atoms with van der Waals surface area (Å²) in [5.74, 6) is -3.05. The Kier molecular flexibility index (Phi) is 20.8. The molecule has 3 aliphatic heterocycles. The van der Waals surface area contributed by atoms with E-state index in [-0.39, 0.29) is 59.7 Å². The van der Waals surface area contributed by atoms with Gasteiger partial charge in [-0.1, -0.05) is 44.2 Å². The monoisotopic (exact) mass is 1390 g/mol. The zero-order valence-electron chi connectivity index (χ0n) is 52.1. The number of hydrogen-bond donors (Lipinski definition) is 7. The standard InChI is InChI=1S/C63H70N16O9S6/c1-32(2)47-62-76-50(43(94-62)27-88-5)55(85)65-26-46(81)73-51(52(82)34-11-7-6-8-12-34)61-70-42(30-91-61)59-68-40(28-90-59)49-37(57-69-41(29-89-57)54(84)67-39(25-45(80)64-4)60-75-48(33(3)93-60)56(86)74-47)17-18-38(66-49)58-72-44(31-92-58)71-53(83)35-13-15-36(16-14-35)63(87)77-21-23-79(24-22-77)78-19-9-10-20-78/h6-8,11-12,17-18,28-32,35-36,39,47,51-52,82H,9-10,13-16,19-27H2,1-5H3,(H,64,80)(H,65,85)(H,67,84)(H,71,83)(H,73,81)(H,74,86)/t35-,36-,39-,47-,51-,52-/m0/s1. The van der Waals surface area contributed by atoms with Crippen LogP contribution < -0.4 is 31.9 Å². The van der Waals surface area contributed by atoms with Gasteiger partial charge < -0.3 is 46.6 Å². The molecule has 4 atom stereocenters. The number of thiazole rings is 6. The molecule has 94 heavy (non-hydrogen) atoms. The highest BCUT2D eigenvalue weighted by Gasteiger charge is 2.37. The predicted molar refractivity (Wildman–Crippen MR) is 360 cm³/mol. The number of anilines is 1. The molecule has 3 fully saturated rings. The summed E-state index contributed by atoms with van der Waals surface area (Å²) in [6, 6.07) is 9.64. The van der Waals surface area contributed by atoms with E-state index in [4.69, 9.17) is 39.6 Å². The van der Waals surface area contributed by atoms with Gasteiger partial charge in [-0.25, -0.2) is 44.9 Å². The number of aromatic nitrogens is 7. The summed E-state index contributed by atoms with van der Waals surface area (Å²) in [6.07, 6.45) is 3.43. The van der Waals surface area contributed by atoms with Gasteiger partial charge in [0.25, 0.3) is 17.7 Å². The minimum Gasteiger partial charge on any atom is -0.386 e. The lowest BCUT2D eigenvalue weighted by Crippen LogP contribution is -2.55. The summed E-state index contributed by atoms with van der Waals surface area (Å²) in [4.78, 5) is 135. The van der Waals surface area contributed by atoms with Gasteiger partial charge in [-0.05, 0) is 69.1 Å². The molecule has 0 radical (unpaired) electrons. The van der Waals surface area contributed by atoms with Crippen molar-refractivity contribution >= 4 is 115 Å². The Balaban J connectivity index is 0.842. The van der Waals surface area contributed by atoms with Gasteiger partial charge in [-0.3, -0.25) is 33.6 Å². The molecule has 1 saturated carbocycles. The first-order valence-corrected chi connectivity index (χ1v) is 36.2. The van der Waals surface area contributed by atoms with E-state index in [2.05, 4.69) is 41.9 Å². The maximum Gasteiger partial charge on any atom is 0.271 e. The largest absolute Gasteiger partial charge is 0.386 e. The number of nitrogens with one attached hydrogen (secondary N) is 6. The molecule has 12 rings (SSSR count). The van der Waals surface area contributed by atoms with Crippen molar-refractivity contribution in [2.75, 3.05) is 65.3 Å². The Morgan fingerprint density at radius 2 is 1.33 bits per heavy atom. The molecule has 10 bridgehead atoms. The number of fused-ring (bicyclic) bond motifs is 14. The average molecular weight is 1390 g/mol. The summed E-state index contributed by atoms with van der Waals surface area (Å²) in [7, 11) is 2.96. The lowest BCUT2D eigenvalue weighted by Gasteiger charge is -2.41. The van der Waals surface area contributed by atoms with Crippen molar-refractivity contribution in [2.45, 2.75) is 96.6 Å². The smallest absolute Gasteiger partial charge is 0.271 e. The molecule has 8 aromatic rings. The molecule has 0 spiro atoms. The second-order valence-corrected chi connectivity index (χ2v) is 29.5. The van der Waals surface area contributed by atoms with Crippen LogP contribution in [0.3, 0.4) is 0 Å². The number of methoxy groups -OCH3 is 1. The topological polar surface area (TPSA) is 321 Å². The molecule has 7 N–H and O–H groups in total. The number of benzene rings is 1. The van der Waals surface area contributed by atoms with E-state index in [0.717, 1.165) is 50.6 Å². The Bertz CT molecular complexity index is 4080. The highest BCUT2D eigenvalue weighted by Crippen LogP contribution is 2.41. The highest BCUT2D eigenvalue weighted by atomic mass is 32.1. The Morgan fingerprint density at radius 1 is 0.649 bits per heavy atom. The molecule has 4 aliphatic rings. The molecular formula is C63H70N16O9S6. The van der Waals surface area contributed by atoms with Crippen molar-refractivity contribution in [2.24, 2.45) is 17.8 Å². The molecule has 10 heterocycles. The van der Waals surface area contributed by atoms with E-state index >= 15 is 0 Å². The van der Waals surface area contributed by atoms with Gasteiger partial charge in [0.05, 0.1) is 42.2 Å². The number of carbonyl (C=O) groups is 7. The fraction of sp³-hybridized carbons (Fsp3) is 0.429. The van der Waals surface area contributed by atoms with Crippen LogP contribution in [0.2, 0.25) is 0 Å². The fourth-order valence-corrected chi connectivity index (χ4v) is 17.4. The molecule has 2 saturated heterocycles. The number of pyridine rings is 1. The van der Waals surface area contributed by atoms with E-state index in [1.54, 1.807) is 53.4 Å². The molecule has 25 nitrogen and oxygen atoms in total. The average Bonchev–Trinajstić information content (AvgIpc) is 1.64. The van der Waals surface area contributed by atoms with Gasteiger partial charge in [-0.15, -0.1) is 68.0 Å². The number of aliphatic hydroxyl groups excluding tert-OH is 1. The van der Waals surface area contributed by atoms with Crippen molar-refractivity contribution < 1.29 is 43.4 Å². The number of ether oxygens (including phenoxy) is 1. The van der Waals surface area contributed by atoms with Crippen molar-refractivity contribution in [3.8, 4) is 43.4 Å². The summed E-state index contributed by atoms with van der Waals surface area (Å²) in [5.41, 5.74) is 2.86. The lowest BCUT2D eigenvalue weighted by atomic mass is 9.81. The zero-order valence-corrected chi connectivity index (χ0v) is 57.0. The highest BCUT2D eigenvalue weighted by molar-refractivity contribution is 7.15. The first-order valence-electron chi connectivity index (χ1n) is 31.0. The third-order valence-electron chi connectivity index (χ3n) is 17.0. The fourth-order valence-electron chi connectivity index (χ4n) is 11.9. The summed E-state index contributed by atoms with van der Waals surface area (Å²) >= 11 is 7.31. The zero-order chi connectivity index (χ0) is 65.7. The number of piperazine rings is 1. The number of amides is 7. The van der Waals surface area contributed by atoms with Crippen LogP contribution in [0.15, 0.2) is 64.0 Å². The molecule has 1 aromatic carbocycles. The van der Waals surface area contributed by atoms with Gasteiger partial charge in [0, 0.05) is 97.2 Å². The third kappa shape index (κ3) is 14.9. The van der Waals surface area contributed by atoms with Crippen LogP contribution in [0.5, 0.6) is 0 Å². The van der Waals surface area contributed by atoms with Crippen LogP contribution in [-0.4, -0.2) is 156 Å². The van der Waals surface area contributed by atoms with Gasteiger partial charge in [0.2, 0.25) is 23.6 Å². The Hall–Kier alpha value is -7.72. The van der Waals surface area contributed by atoms with Crippen LogP contribution in [-0.2, 0) is 30.5 Å². The van der Waals surface area contributed by atoms with Crippen LogP contribution in [0.4, 0.5) is 5.82 Å².